The van der Waals surface area contributed by atoms with Crippen LogP contribution in [0.1, 0.15) is 42.6 Å². The zero-order valence-corrected chi connectivity index (χ0v) is 14.1. The maximum Gasteiger partial charge on any atom is 0.412 e. The van der Waals surface area contributed by atoms with Crippen LogP contribution in [0.15, 0.2) is 34.9 Å². The smallest absolute Gasteiger partial charge is 0.412 e. The molecule has 2 rings (SSSR count). The molecule has 0 bridgehead atoms. The van der Waals surface area contributed by atoms with Gasteiger partial charge in [0.1, 0.15) is 5.60 Å². The zero-order chi connectivity index (χ0) is 17.7. The Morgan fingerprint density at radius 3 is 2.42 bits per heavy atom. The first-order chi connectivity index (χ1) is 11.2. The molecule has 0 atom stereocenters. The van der Waals surface area contributed by atoms with Crippen LogP contribution in [-0.4, -0.2) is 22.8 Å². The molecular weight excluding hydrogens is 312 g/mol. The summed E-state index contributed by atoms with van der Waals surface area (Å²) in [6.45, 7) is 7.13. The summed E-state index contributed by atoms with van der Waals surface area (Å²) in [5.74, 6) is -0.0167. The third-order valence-electron chi connectivity index (χ3n) is 2.79. The van der Waals surface area contributed by atoms with Crippen LogP contribution in [-0.2, 0) is 16.1 Å². The van der Waals surface area contributed by atoms with Crippen LogP contribution in [0.4, 0.5) is 10.5 Å². The second-order valence-corrected chi connectivity index (χ2v) is 6.21. The summed E-state index contributed by atoms with van der Waals surface area (Å²) in [4.78, 5) is 23.6. The van der Waals surface area contributed by atoms with E-state index in [0.29, 0.717) is 17.0 Å². The third-order valence-corrected chi connectivity index (χ3v) is 2.79. The van der Waals surface area contributed by atoms with Crippen molar-refractivity contribution >= 4 is 17.7 Å². The minimum absolute atomic E-state index is 0.0115. The average Bonchev–Trinajstić information content (AvgIpc) is 2.89. The molecule has 0 aliphatic heterocycles. The zero-order valence-electron chi connectivity index (χ0n) is 14.1. The van der Waals surface area contributed by atoms with E-state index in [1.807, 2.05) is 0 Å². The summed E-state index contributed by atoms with van der Waals surface area (Å²) in [5.41, 5.74) is 1.03. The summed E-state index contributed by atoms with van der Waals surface area (Å²) in [7, 11) is 0. The Bertz CT molecular complexity index is 713. The highest BCUT2D eigenvalue weighted by molar-refractivity contribution is 5.91. The van der Waals surface area contributed by atoms with E-state index in [1.165, 1.54) is 0 Å². The number of nitrogens with one attached hydrogen (secondary N) is 1. The molecule has 7 heteroatoms. The van der Waals surface area contributed by atoms with Gasteiger partial charge in [0.25, 0.3) is 0 Å². The van der Waals surface area contributed by atoms with Gasteiger partial charge in [-0.2, -0.15) is 0 Å². The fourth-order valence-corrected chi connectivity index (χ4v) is 1.82. The van der Waals surface area contributed by atoms with Gasteiger partial charge in [0.05, 0.1) is 11.3 Å². The van der Waals surface area contributed by atoms with Crippen LogP contribution in [0.5, 0.6) is 0 Å². The van der Waals surface area contributed by atoms with Crippen molar-refractivity contribution in [1.29, 1.82) is 0 Å². The van der Waals surface area contributed by atoms with Gasteiger partial charge in [-0.15, -0.1) is 0 Å². The van der Waals surface area contributed by atoms with Crippen molar-refractivity contribution in [3.05, 3.63) is 47.3 Å². The van der Waals surface area contributed by atoms with E-state index < -0.39 is 17.7 Å². The van der Waals surface area contributed by atoms with Crippen molar-refractivity contribution in [1.82, 2.24) is 5.16 Å². The topological polar surface area (TPSA) is 90.7 Å². The molecule has 1 amide bonds. The van der Waals surface area contributed by atoms with Crippen LogP contribution >= 0.6 is 0 Å². The van der Waals surface area contributed by atoms with Gasteiger partial charge in [0, 0.05) is 11.8 Å². The number of carbonyl (C=O) groups excluding carboxylic acids is 2. The first-order valence-corrected chi connectivity index (χ1v) is 7.42. The van der Waals surface area contributed by atoms with Crippen LogP contribution in [0.3, 0.4) is 0 Å². The quantitative estimate of drug-likeness (QED) is 0.859. The Morgan fingerprint density at radius 1 is 1.21 bits per heavy atom. The molecule has 0 aliphatic rings. The van der Waals surface area contributed by atoms with E-state index in [9.17, 15) is 9.59 Å². The Morgan fingerprint density at radius 2 is 1.88 bits per heavy atom. The van der Waals surface area contributed by atoms with E-state index in [1.54, 1.807) is 58.0 Å². The lowest BCUT2D eigenvalue weighted by molar-refractivity contribution is 0.0437. The van der Waals surface area contributed by atoms with Gasteiger partial charge in [-0.1, -0.05) is 5.16 Å². The van der Waals surface area contributed by atoms with Gasteiger partial charge >= 0.3 is 12.1 Å². The maximum absolute atomic E-state index is 11.9. The molecule has 128 valence electrons. The van der Waals surface area contributed by atoms with Crippen molar-refractivity contribution in [2.45, 2.75) is 39.9 Å². The molecule has 1 aromatic heterocycles. The largest absolute Gasteiger partial charge is 0.454 e. The average molecular weight is 332 g/mol. The lowest BCUT2D eigenvalue weighted by atomic mass is 10.2. The second-order valence-electron chi connectivity index (χ2n) is 6.21. The van der Waals surface area contributed by atoms with Crippen LogP contribution in [0.25, 0.3) is 0 Å². The van der Waals surface area contributed by atoms with Crippen molar-refractivity contribution < 1.29 is 23.6 Å². The fourth-order valence-electron chi connectivity index (χ4n) is 1.82. The highest BCUT2D eigenvalue weighted by atomic mass is 16.6. The lowest BCUT2D eigenvalue weighted by Gasteiger charge is -2.19. The van der Waals surface area contributed by atoms with Gasteiger partial charge in [0.15, 0.2) is 12.4 Å². The fraction of sp³-hybridized carbons (Fsp3) is 0.353. The molecule has 0 saturated heterocycles. The summed E-state index contributed by atoms with van der Waals surface area (Å²) in [6.07, 6.45) is -0.557. The highest BCUT2D eigenvalue weighted by Gasteiger charge is 2.16. The number of anilines is 1. The Balaban J connectivity index is 1.88. The van der Waals surface area contributed by atoms with E-state index in [2.05, 4.69) is 10.5 Å². The number of ether oxygens (including phenoxy) is 2. The van der Waals surface area contributed by atoms with Crippen molar-refractivity contribution in [2.75, 3.05) is 5.32 Å². The molecule has 0 saturated carbocycles. The van der Waals surface area contributed by atoms with Crippen molar-refractivity contribution in [3.63, 3.8) is 0 Å². The number of rotatable bonds is 4. The predicted octanol–water partition coefficient (Wildman–Crippen LogP) is 3.69. The summed E-state index contributed by atoms with van der Waals surface area (Å²) in [6, 6.07) is 8.00. The number of hydrogen-bond donors (Lipinski definition) is 1. The predicted molar refractivity (Wildman–Crippen MR) is 86.7 cm³/mol. The number of aromatic nitrogens is 1. The number of benzene rings is 1. The van der Waals surface area contributed by atoms with Crippen LogP contribution in [0.2, 0.25) is 0 Å². The Kier molecular flexibility index (Phi) is 5.23. The minimum atomic E-state index is -0.576. The van der Waals surface area contributed by atoms with Crippen molar-refractivity contribution in [2.24, 2.45) is 0 Å². The molecule has 0 radical (unpaired) electrons. The molecule has 0 fully saturated rings. The molecule has 1 heterocycles. The van der Waals surface area contributed by atoms with Gasteiger partial charge in [-0.05, 0) is 52.0 Å². The standard InChI is InChI=1S/C17H20N2O5/c1-11-9-14(24-19-11)10-22-15(20)12-5-7-13(8-6-12)18-16(21)23-17(2,3)4/h5-9H,10H2,1-4H3,(H,18,21). The lowest BCUT2D eigenvalue weighted by Crippen LogP contribution is -2.27. The Labute approximate surface area is 139 Å². The molecular formula is C17H20N2O5. The Hall–Kier alpha value is -2.83. The maximum atomic E-state index is 11.9. The monoisotopic (exact) mass is 332 g/mol. The van der Waals surface area contributed by atoms with Crippen molar-refractivity contribution in [3.8, 4) is 0 Å². The van der Waals surface area contributed by atoms with E-state index in [-0.39, 0.29) is 6.61 Å². The number of hydrogen-bond acceptors (Lipinski definition) is 6. The number of carbonyl (C=O) groups is 2. The summed E-state index contributed by atoms with van der Waals surface area (Å²) in [5, 5.41) is 6.30. The number of esters is 1. The number of amides is 1. The van der Waals surface area contributed by atoms with Gasteiger partial charge in [-0.25, -0.2) is 9.59 Å². The summed E-state index contributed by atoms with van der Waals surface area (Å²) < 4.78 is 15.2. The van der Waals surface area contributed by atoms with E-state index in [0.717, 1.165) is 5.69 Å². The number of nitrogens with zero attached hydrogens (tertiary/aromatic N) is 1. The number of aryl methyl sites for hydroxylation is 1. The molecule has 1 N–H and O–H groups in total. The first kappa shape index (κ1) is 17.5. The highest BCUT2D eigenvalue weighted by Crippen LogP contribution is 2.14. The molecule has 0 spiro atoms. The molecule has 24 heavy (non-hydrogen) atoms. The molecule has 7 nitrogen and oxygen atoms in total. The van der Waals surface area contributed by atoms with E-state index >= 15 is 0 Å². The second kappa shape index (κ2) is 7.16. The molecule has 0 aliphatic carbocycles. The van der Waals surface area contributed by atoms with Crippen LogP contribution in [0, 0.1) is 6.92 Å². The molecule has 0 unspecified atom stereocenters. The van der Waals surface area contributed by atoms with Gasteiger partial charge in [-0.3, -0.25) is 5.32 Å². The normalized spacial score (nSPS) is 11.0. The molecule has 2 aromatic rings. The minimum Gasteiger partial charge on any atom is -0.454 e. The van der Waals surface area contributed by atoms with Gasteiger partial charge < -0.3 is 14.0 Å². The summed E-state index contributed by atoms with van der Waals surface area (Å²) >= 11 is 0. The third kappa shape index (κ3) is 5.42. The molecule has 1 aromatic carbocycles. The first-order valence-electron chi connectivity index (χ1n) is 7.42. The van der Waals surface area contributed by atoms with E-state index in [4.69, 9.17) is 14.0 Å². The van der Waals surface area contributed by atoms with Crippen LogP contribution < -0.4 is 5.32 Å². The van der Waals surface area contributed by atoms with Gasteiger partial charge in [0.2, 0.25) is 0 Å². The SMILES string of the molecule is Cc1cc(COC(=O)c2ccc(NC(=O)OC(C)(C)C)cc2)on1.